The number of aliphatic carboxylic acids is 1. The summed E-state index contributed by atoms with van der Waals surface area (Å²) in [6, 6.07) is 0. The third-order valence-electron chi connectivity index (χ3n) is 0. The Labute approximate surface area is 193 Å². The number of aliphatic hydroxyl groups is 1. The van der Waals surface area contributed by atoms with Gasteiger partial charge in [0.1, 0.15) is 0 Å². The molecule has 0 spiro atoms. The van der Waals surface area contributed by atoms with E-state index in [1.165, 1.54) is 0 Å². The number of nitriles is 6. The molecule has 0 aliphatic rings. The van der Waals surface area contributed by atoms with E-state index in [4.69, 9.17) is 46.6 Å². The van der Waals surface area contributed by atoms with Gasteiger partial charge in [-0.3, -0.25) is 4.79 Å². The molecule has 0 bridgehead atoms. The molecule has 0 aromatic carbocycles. The monoisotopic (exact) mass is 414 g/mol. The van der Waals surface area contributed by atoms with Crippen LogP contribution in [-0.2, 0) is 41.3 Å². The Morgan fingerprint density at radius 2 is 0.762 bits per heavy atom. The molecule has 0 amide bonds. The molecule has 0 unspecified atom stereocenters. The van der Waals surface area contributed by atoms with Gasteiger partial charge < -0.3 is 11.6 Å². The van der Waals surface area contributed by atoms with Crippen LogP contribution in [0.15, 0.2) is 0 Å². The van der Waals surface area contributed by atoms with Crippen molar-refractivity contribution in [3.63, 3.8) is 0 Å². The largest absolute Gasteiger partial charge is 1.00 e. The van der Waals surface area contributed by atoms with Gasteiger partial charge >= 0.3 is 51.4 Å². The van der Waals surface area contributed by atoms with E-state index < -0.39 is 5.97 Å². The number of rotatable bonds is 0. The molecule has 0 fully saturated rings. The van der Waals surface area contributed by atoms with Gasteiger partial charge in [-0.25, -0.2) is 31.6 Å². The van der Waals surface area contributed by atoms with Gasteiger partial charge in [0.15, 0.2) is 0 Å². The minimum Gasteiger partial charge on any atom is -1.00 e. The zero-order chi connectivity index (χ0) is 17.6. The zero-order valence-corrected chi connectivity index (χ0v) is 19.2. The molecule has 110 valence electrons. The Bertz CT molecular complexity index is 186. The Morgan fingerprint density at radius 3 is 0.762 bits per heavy atom. The van der Waals surface area contributed by atoms with Gasteiger partial charge in [-0.05, 0) is 0 Å². The second-order valence-corrected chi connectivity index (χ2v) is 0.519. The van der Waals surface area contributed by atoms with Crippen LogP contribution in [0.2, 0.25) is 0 Å². The molecular weight excluding hydrogens is 400 g/mol. The molecule has 0 heterocycles. The molecule has 0 radical (unpaired) electrons. The standard InChI is InChI=1S/C2H4O2.6CHN.CH4O.Fe.K.Zn.H/c1-2(3)4;7*1-2;;;;/h1H3,(H,3,4);6*1H;2H,1H3;;;;/q;;;;;;;;;+1;;-1. The normalized spacial score (nSPS) is 2.05. The summed E-state index contributed by atoms with van der Waals surface area (Å²) in [6.07, 6.45) is 0. The quantitative estimate of drug-likeness (QED) is 0.406. The maximum absolute atomic E-state index is 9.00. The van der Waals surface area contributed by atoms with Gasteiger partial charge in [0.2, 0.25) is 0 Å². The van der Waals surface area contributed by atoms with Crippen LogP contribution in [0, 0.1) is 71.0 Å². The third kappa shape index (κ3) is 7780. The Morgan fingerprint density at radius 1 is 0.762 bits per heavy atom. The average Bonchev–Trinajstić information content (AvgIpc) is 2.52. The van der Waals surface area contributed by atoms with Crippen LogP contribution in [0.3, 0.4) is 0 Å². The van der Waals surface area contributed by atoms with Gasteiger partial charge in [0, 0.05) is 90.0 Å². The first-order valence-corrected chi connectivity index (χ1v) is 2.92. The first kappa shape index (κ1) is 88.3. The molecule has 0 aliphatic heterocycles. The SMILES string of the molecule is C#N.C#N.C#N.C#N.C#N.C#N.CC(=O)O.CO.[Fe].[H-].[K+].[Zn]. The Balaban J connectivity index is -0.00000000517. The smallest absolute Gasteiger partial charge is 1.00 e. The molecule has 9 nitrogen and oxygen atoms in total. The molecule has 21 heavy (non-hydrogen) atoms. The molecule has 0 aliphatic carbocycles. The van der Waals surface area contributed by atoms with Crippen LogP contribution in [-0.4, -0.2) is 23.3 Å². The average molecular weight is 416 g/mol. The second-order valence-electron chi connectivity index (χ2n) is 0.519. The van der Waals surface area contributed by atoms with Crippen LogP contribution in [0.4, 0.5) is 0 Å². The van der Waals surface area contributed by atoms with Crippen molar-refractivity contribution in [2.75, 3.05) is 7.11 Å². The molecule has 2 N–H and O–H groups in total. The molecule has 0 aromatic heterocycles. The van der Waals surface area contributed by atoms with Gasteiger partial charge in [0.25, 0.3) is 5.97 Å². The summed E-state index contributed by atoms with van der Waals surface area (Å²) < 4.78 is 0. The van der Waals surface area contributed by atoms with E-state index >= 15 is 0 Å². The van der Waals surface area contributed by atoms with Crippen molar-refractivity contribution in [1.82, 2.24) is 0 Å². The number of carbonyl (C=O) groups is 1. The van der Waals surface area contributed by atoms with E-state index in [1.54, 1.807) is 0 Å². The number of carboxylic acid groups (broad SMARTS) is 1. The predicted molar refractivity (Wildman–Crippen MR) is 62.6 cm³/mol. The van der Waals surface area contributed by atoms with Crippen LogP contribution in [0.5, 0.6) is 0 Å². The van der Waals surface area contributed by atoms with Crippen molar-refractivity contribution in [2.24, 2.45) is 0 Å². The van der Waals surface area contributed by atoms with E-state index in [1.807, 2.05) is 0 Å². The summed E-state index contributed by atoms with van der Waals surface area (Å²) in [5.41, 5.74) is 0. The maximum Gasteiger partial charge on any atom is 1.00 e. The second kappa shape index (κ2) is 1370. The zero-order valence-electron chi connectivity index (χ0n) is 13.0. The molecule has 0 aromatic rings. The Kier molecular flexibility index (Phi) is 5740. The number of hydrogen-bond donors (Lipinski definition) is 2. The fourth-order valence-corrected chi connectivity index (χ4v) is 0. The maximum atomic E-state index is 9.00. The van der Waals surface area contributed by atoms with Crippen molar-refractivity contribution in [2.45, 2.75) is 6.92 Å². The molecule has 0 atom stereocenters. The fourth-order valence-electron chi connectivity index (χ4n) is 0. The number of hydrogen-bond acceptors (Lipinski definition) is 8. The van der Waals surface area contributed by atoms with Gasteiger partial charge in [-0.1, -0.05) is 0 Å². The van der Waals surface area contributed by atoms with E-state index in [0.717, 1.165) is 14.0 Å². The van der Waals surface area contributed by atoms with Crippen molar-refractivity contribution in [3.8, 4) is 39.4 Å². The molecule has 0 saturated heterocycles. The van der Waals surface area contributed by atoms with Crippen LogP contribution in [0.1, 0.15) is 8.35 Å². The van der Waals surface area contributed by atoms with Crippen molar-refractivity contribution in [3.05, 3.63) is 0 Å². The van der Waals surface area contributed by atoms with E-state index in [2.05, 4.69) is 39.4 Å². The third-order valence-corrected chi connectivity index (χ3v) is 0. The fraction of sp³-hybridized carbons (Fsp3) is 0.222. The van der Waals surface area contributed by atoms with Gasteiger partial charge in [0.05, 0.1) is 0 Å². The summed E-state index contributed by atoms with van der Waals surface area (Å²) in [6.45, 7) is 22.1. The minimum atomic E-state index is -0.833. The number of nitrogens with zero attached hydrogens (tertiary/aromatic N) is 6. The first-order valence-electron chi connectivity index (χ1n) is 2.92. The molecule has 0 rings (SSSR count). The van der Waals surface area contributed by atoms with Crippen LogP contribution in [0.25, 0.3) is 0 Å². The summed E-state index contributed by atoms with van der Waals surface area (Å²) in [5, 5.41) is 53.4. The van der Waals surface area contributed by atoms with Crippen molar-refractivity contribution in [1.29, 1.82) is 31.6 Å². The van der Waals surface area contributed by atoms with E-state index in [0.29, 0.717) is 0 Å². The van der Waals surface area contributed by atoms with Crippen LogP contribution >= 0.6 is 0 Å². The summed E-state index contributed by atoms with van der Waals surface area (Å²) >= 11 is 0. The summed E-state index contributed by atoms with van der Waals surface area (Å²) in [4.78, 5) is 9.00. The molecular formula is C9H15FeKN6O3Zn. The molecule has 0 saturated carbocycles. The van der Waals surface area contributed by atoms with E-state index in [9.17, 15) is 0 Å². The minimum absolute atomic E-state index is 0. The summed E-state index contributed by atoms with van der Waals surface area (Å²) in [7, 11) is 1.00. The Hall–Kier alpha value is -0.851. The number of aliphatic hydroxyl groups excluding tert-OH is 1. The van der Waals surface area contributed by atoms with Gasteiger partial charge in [-0.15, -0.1) is 0 Å². The van der Waals surface area contributed by atoms with Crippen LogP contribution < -0.4 is 51.4 Å². The van der Waals surface area contributed by atoms with E-state index in [-0.39, 0.29) is 89.4 Å². The topological polar surface area (TPSA) is 200 Å². The molecule has 12 heteroatoms. The van der Waals surface area contributed by atoms with Crippen molar-refractivity contribution >= 4 is 5.97 Å². The first-order chi connectivity index (χ1) is 8.73. The summed E-state index contributed by atoms with van der Waals surface area (Å²) in [5.74, 6) is -0.833. The number of carboxylic acids is 1. The predicted octanol–water partition coefficient (Wildman–Crippen LogP) is -2.35. The van der Waals surface area contributed by atoms with Gasteiger partial charge in [-0.2, -0.15) is 0 Å². The van der Waals surface area contributed by atoms with Crippen molar-refractivity contribution < 1.29 is 104 Å².